The Labute approximate surface area is 263 Å². The van der Waals surface area contributed by atoms with Gasteiger partial charge in [-0.25, -0.2) is 0 Å². The van der Waals surface area contributed by atoms with Gasteiger partial charge in [-0.2, -0.15) is 0 Å². The van der Waals surface area contributed by atoms with Gasteiger partial charge in [-0.3, -0.25) is 4.79 Å². The number of amides is 1. The van der Waals surface area contributed by atoms with Crippen molar-refractivity contribution in [1.29, 1.82) is 0 Å². The highest BCUT2D eigenvalue weighted by atomic mass is 16.3. The van der Waals surface area contributed by atoms with E-state index in [1.54, 1.807) is 0 Å². The van der Waals surface area contributed by atoms with Crippen LogP contribution in [0.15, 0.2) is 12.2 Å². The number of aliphatic hydroxyl groups is 2. The van der Waals surface area contributed by atoms with Gasteiger partial charge in [-0.05, 0) is 38.5 Å². The number of hydrogen-bond donors (Lipinski definition) is 3. The third kappa shape index (κ3) is 30.6. The molecule has 0 bridgehead atoms. The zero-order valence-corrected chi connectivity index (χ0v) is 28.5. The van der Waals surface area contributed by atoms with Crippen LogP contribution in [0.1, 0.15) is 206 Å². The van der Waals surface area contributed by atoms with Crippen LogP contribution in [0.5, 0.6) is 0 Å². The van der Waals surface area contributed by atoms with Crippen LogP contribution < -0.4 is 5.32 Å². The molecule has 0 aromatic rings. The largest absolute Gasteiger partial charge is 0.394 e. The first-order valence-electron chi connectivity index (χ1n) is 18.9. The summed E-state index contributed by atoms with van der Waals surface area (Å²) in [5, 5.41) is 23.0. The molecule has 2 unspecified atom stereocenters. The standard InChI is InChI=1S/C38H75NO3/c1-3-5-7-9-11-13-15-17-18-19-20-21-22-23-25-27-29-31-33-37(41)36(35-40)39-38(42)34-32-30-28-26-24-16-14-12-10-8-6-4-2/h12,14,36-37,40-41H,3-11,13,15-35H2,1-2H3,(H,39,42)/b14-12-. The van der Waals surface area contributed by atoms with Crippen LogP contribution in [0.4, 0.5) is 0 Å². The van der Waals surface area contributed by atoms with Crippen molar-refractivity contribution in [3.63, 3.8) is 0 Å². The summed E-state index contributed by atoms with van der Waals surface area (Å²) < 4.78 is 0. The number of carbonyl (C=O) groups is 1. The highest BCUT2D eigenvalue weighted by Crippen LogP contribution is 2.15. The van der Waals surface area contributed by atoms with Crippen LogP contribution in [-0.2, 0) is 4.79 Å². The number of unbranched alkanes of at least 4 members (excludes halogenated alkanes) is 25. The monoisotopic (exact) mass is 594 g/mol. The molecule has 0 aromatic heterocycles. The molecule has 0 aliphatic carbocycles. The van der Waals surface area contributed by atoms with Gasteiger partial charge >= 0.3 is 0 Å². The van der Waals surface area contributed by atoms with Crippen molar-refractivity contribution in [2.24, 2.45) is 0 Å². The van der Waals surface area contributed by atoms with E-state index >= 15 is 0 Å². The van der Waals surface area contributed by atoms with Crippen molar-refractivity contribution in [3.8, 4) is 0 Å². The molecule has 2 atom stereocenters. The van der Waals surface area contributed by atoms with E-state index in [0.29, 0.717) is 12.8 Å². The first-order chi connectivity index (χ1) is 20.7. The minimum Gasteiger partial charge on any atom is -0.394 e. The average molecular weight is 594 g/mol. The molecule has 4 heteroatoms. The van der Waals surface area contributed by atoms with Crippen LogP contribution in [0.25, 0.3) is 0 Å². The Morgan fingerprint density at radius 2 is 0.905 bits per heavy atom. The predicted octanol–water partition coefficient (Wildman–Crippen LogP) is 11.1. The van der Waals surface area contributed by atoms with Crippen LogP contribution in [0, 0.1) is 0 Å². The second-order valence-electron chi connectivity index (χ2n) is 13.0. The van der Waals surface area contributed by atoms with E-state index in [-0.39, 0.29) is 12.5 Å². The van der Waals surface area contributed by atoms with Crippen LogP contribution >= 0.6 is 0 Å². The molecule has 0 rings (SSSR count). The number of nitrogens with one attached hydrogen (secondary N) is 1. The van der Waals surface area contributed by atoms with E-state index in [4.69, 9.17) is 0 Å². The van der Waals surface area contributed by atoms with Gasteiger partial charge in [-0.15, -0.1) is 0 Å². The Balaban J connectivity index is 3.53. The number of allylic oxidation sites excluding steroid dienone is 2. The molecule has 3 N–H and O–H groups in total. The molecule has 42 heavy (non-hydrogen) atoms. The van der Waals surface area contributed by atoms with Crippen molar-refractivity contribution in [1.82, 2.24) is 5.32 Å². The van der Waals surface area contributed by atoms with Crippen LogP contribution in [-0.4, -0.2) is 34.9 Å². The summed E-state index contributed by atoms with van der Waals surface area (Å²) in [5.74, 6) is -0.0408. The third-order valence-corrected chi connectivity index (χ3v) is 8.78. The fourth-order valence-electron chi connectivity index (χ4n) is 5.82. The Kier molecular flexibility index (Phi) is 33.9. The van der Waals surface area contributed by atoms with Crippen LogP contribution in [0.2, 0.25) is 0 Å². The molecule has 0 aromatic carbocycles. The quantitative estimate of drug-likeness (QED) is 0.0513. The molecular formula is C38H75NO3. The lowest BCUT2D eigenvalue weighted by Crippen LogP contribution is -2.45. The van der Waals surface area contributed by atoms with Gasteiger partial charge in [0.25, 0.3) is 0 Å². The van der Waals surface area contributed by atoms with E-state index in [1.807, 2.05) is 0 Å². The molecule has 0 saturated carbocycles. The molecule has 1 amide bonds. The zero-order chi connectivity index (χ0) is 30.8. The fourth-order valence-corrected chi connectivity index (χ4v) is 5.82. The zero-order valence-electron chi connectivity index (χ0n) is 28.5. The van der Waals surface area contributed by atoms with E-state index < -0.39 is 12.1 Å². The Hall–Kier alpha value is -0.870. The smallest absolute Gasteiger partial charge is 0.220 e. The van der Waals surface area contributed by atoms with Gasteiger partial charge in [0, 0.05) is 6.42 Å². The van der Waals surface area contributed by atoms with Gasteiger partial charge in [0.1, 0.15) is 0 Å². The molecule has 0 radical (unpaired) electrons. The first kappa shape index (κ1) is 41.1. The maximum atomic E-state index is 12.3. The highest BCUT2D eigenvalue weighted by Gasteiger charge is 2.19. The van der Waals surface area contributed by atoms with E-state index in [2.05, 4.69) is 31.3 Å². The molecule has 0 fully saturated rings. The summed E-state index contributed by atoms with van der Waals surface area (Å²) in [5.41, 5.74) is 0. The summed E-state index contributed by atoms with van der Waals surface area (Å²) >= 11 is 0. The van der Waals surface area contributed by atoms with E-state index in [0.717, 1.165) is 25.7 Å². The average Bonchev–Trinajstić information content (AvgIpc) is 2.99. The summed E-state index contributed by atoms with van der Waals surface area (Å²) in [6.45, 7) is 4.33. The number of rotatable bonds is 34. The predicted molar refractivity (Wildman–Crippen MR) is 184 cm³/mol. The van der Waals surface area contributed by atoms with Crippen molar-refractivity contribution in [2.75, 3.05) is 6.61 Å². The number of carbonyl (C=O) groups excluding carboxylic acids is 1. The molecule has 250 valence electrons. The second kappa shape index (κ2) is 34.6. The van der Waals surface area contributed by atoms with Gasteiger partial charge in [0.05, 0.1) is 18.8 Å². The lowest BCUT2D eigenvalue weighted by Gasteiger charge is -2.22. The maximum absolute atomic E-state index is 12.3. The van der Waals surface area contributed by atoms with E-state index in [9.17, 15) is 15.0 Å². The Morgan fingerprint density at radius 3 is 1.36 bits per heavy atom. The van der Waals surface area contributed by atoms with Crippen molar-refractivity contribution in [3.05, 3.63) is 12.2 Å². The summed E-state index contributed by atoms with van der Waals surface area (Å²) in [6, 6.07) is -0.535. The molecule has 0 heterocycles. The first-order valence-corrected chi connectivity index (χ1v) is 18.9. The van der Waals surface area contributed by atoms with Gasteiger partial charge < -0.3 is 15.5 Å². The molecule has 0 aliphatic rings. The van der Waals surface area contributed by atoms with Gasteiger partial charge in [-0.1, -0.05) is 174 Å². The summed E-state index contributed by atoms with van der Waals surface area (Å²) in [6.07, 6.45) is 41.2. The molecule has 0 aliphatic heterocycles. The minimum absolute atomic E-state index is 0.0408. The lowest BCUT2D eigenvalue weighted by atomic mass is 10.0. The highest BCUT2D eigenvalue weighted by molar-refractivity contribution is 5.76. The number of hydrogen-bond acceptors (Lipinski definition) is 3. The normalized spacial score (nSPS) is 13.1. The van der Waals surface area contributed by atoms with Gasteiger partial charge in [0.15, 0.2) is 0 Å². The van der Waals surface area contributed by atoms with Crippen LogP contribution in [0.3, 0.4) is 0 Å². The molecule has 0 saturated heterocycles. The number of aliphatic hydroxyl groups excluding tert-OH is 2. The van der Waals surface area contributed by atoms with Crippen molar-refractivity contribution in [2.45, 2.75) is 219 Å². The summed E-state index contributed by atoms with van der Waals surface area (Å²) in [7, 11) is 0. The third-order valence-electron chi connectivity index (χ3n) is 8.78. The molecule has 4 nitrogen and oxygen atoms in total. The SMILES string of the molecule is CCCCC/C=C\CCCCCCCC(=O)NC(CO)C(O)CCCCCCCCCCCCCCCCCCCC. The topological polar surface area (TPSA) is 69.6 Å². The molecular weight excluding hydrogens is 518 g/mol. The fraction of sp³-hybridized carbons (Fsp3) is 0.921. The molecule has 0 spiro atoms. The maximum Gasteiger partial charge on any atom is 0.220 e. The Bertz CT molecular complexity index is 565. The van der Waals surface area contributed by atoms with Crippen molar-refractivity contribution < 1.29 is 15.0 Å². The summed E-state index contributed by atoms with van der Waals surface area (Å²) in [4.78, 5) is 12.3. The van der Waals surface area contributed by atoms with E-state index in [1.165, 1.54) is 154 Å². The lowest BCUT2D eigenvalue weighted by molar-refractivity contribution is -0.123. The minimum atomic E-state index is -0.657. The Morgan fingerprint density at radius 1 is 0.548 bits per heavy atom. The second-order valence-corrected chi connectivity index (χ2v) is 13.0. The van der Waals surface area contributed by atoms with Gasteiger partial charge in [0.2, 0.25) is 5.91 Å². The van der Waals surface area contributed by atoms with Crippen molar-refractivity contribution >= 4 is 5.91 Å².